The molecule has 110 valence electrons. The average Bonchev–Trinajstić information content (AvgIpc) is 2.75. The van der Waals surface area contributed by atoms with Gasteiger partial charge in [0.2, 0.25) is 11.8 Å². The number of carboxylic acids is 1. The van der Waals surface area contributed by atoms with E-state index in [1.54, 1.807) is 6.07 Å². The SMILES string of the molecule is Cc1cc(OC(C)C)nc(NC2CCCC2C(=O)O)n1. The highest BCUT2D eigenvalue weighted by Gasteiger charge is 2.33. The minimum atomic E-state index is -0.758. The molecule has 1 aromatic rings. The van der Waals surface area contributed by atoms with Crippen LogP contribution in [0.1, 0.15) is 38.8 Å². The van der Waals surface area contributed by atoms with E-state index in [4.69, 9.17) is 4.74 Å². The van der Waals surface area contributed by atoms with Gasteiger partial charge in [-0.15, -0.1) is 0 Å². The molecule has 1 heterocycles. The highest BCUT2D eigenvalue weighted by atomic mass is 16.5. The molecule has 2 rings (SSSR count). The van der Waals surface area contributed by atoms with Crippen molar-refractivity contribution < 1.29 is 14.6 Å². The van der Waals surface area contributed by atoms with Crippen molar-refractivity contribution in [2.75, 3.05) is 5.32 Å². The van der Waals surface area contributed by atoms with Crippen LogP contribution in [0.5, 0.6) is 5.88 Å². The minimum absolute atomic E-state index is 0.0374. The second-order valence-corrected chi connectivity index (χ2v) is 5.46. The first-order chi connectivity index (χ1) is 9.45. The Morgan fingerprint density at radius 2 is 2.20 bits per heavy atom. The van der Waals surface area contributed by atoms with Crippen LogP contribution in [0.4, 0.5) is 5.95 Å². The van der Waals surface area contributed by atoms with Crippen LogP contribution in [0.15, 0.2) is 6.07 Å². The molecular formula is C14H21N3O3. The van der Waals surface area contributed by atoms with E-state index in [-0.39, 0.29) is 18.1 Å². The van der Waals surface area contributed by atoms with Crippen LogP contribution in [0.3, 0.4) is 0 Å². The van der Waals surface area contributed by atoms with Gasteiger partial charge in [-0.05, 0) is 33.6 Å². The summed E-state index contributed by atoms with van der Waals surface area (Å²) in [5.41, 5.74) is 0.794. The average molecular weight is 279 g/mol. The summed E-state index contributed by atoms with van der Waals surface area (Å²) in [6.07, 6.45) is 2.48. The number of anilines is 1. The highest BCUT2D eigenvalue weighted by Crippen LogP contribution is 2.28. The van der Waals surface area contributed by atoms with Gasteiger partial charge in [0.15, 0.2) is 0 Å². The van der Waals surface area contributed by atoms with Gasteiger partial charge < -0.3 is 15.2 Å². The monoisotopic (exact) mass is 279 g/mol. The molecule has 1 aromatic heterocycles. The minimum Gasteiger partial charge on any atom is -0.481 e. The molecule has 6 nitrogen and oxygen atoms in total. The van der Waals surface area contributed by atoms with Gasteiger partial charge in [0.1, 0.15) is 0 Å². The zero-order chi connectivity index (χ0) is 14.7. The lowest BCUT2D eigenvalue weighted by molar-refractivity contribution is -0.141. The second-order valence-electron chi connectivity index (χ2n) is 5.46. The number of rotatable bonds is 5. The molecular weight excluding hydrogens is 258 g/mol. The summed E-state index contributed by atoms with van der Waals surface area (Å²) in [5.74, 6) is -0.168. The predicted molar refractivity (Wildman–Crippen MR) is 74.9 cm³/mol. The largest absolute Gasteiger partial charge is 0.481 e. The summed E-state index contributed by atoms with van der Waals surface area (Å²) in [6, 6.07) is 1.66. The number of aromatic nitrogens is 2. The number of ether oxygens (including phenoxy) is 1. The molecule has 2 atom stereocenters. The van der Waals surface area contributed by atoms with E-state index >= 15 is 0 Å². The van der Waals surface area contributed by atoms with E-state index in [2.05, 4.69) is 15.3 Å². The van der Waals surface area contributed by atoms with Gasteiger partial charge in [-0.2, -0.15) is 4.98 Å². The van der Waals surface area contributed by atoms with Crippen molar-refractivity contribution in [2.24, 2.45) is 5.92 Å². The van der Waals surface area contributed by atoms with Crippen LogP contribution in [-0.2, 0) is 4.79 Å². The highest BCUT2D eigenvalue weighted by molar-refractivity contribution is 5.72. The number of carbonyl (C=O) groups is 1. The van der Waals surface area contributed by atoms with Gasteiger partial charge in [-0.25, -0.2) is 4.98 Å². The Bertz CT molecular complexity index is 491. The van der Waals surface area contributed by atoms with Crippen molar-refractivity contribution in [1.82, 2.24) is 9.97 Å². The van der Waals surface area contributed by atoms with Crippen LogP contribution < -0.4 is 10.1 Å². The van der Waals surface area contributed by atoms with Crippen molar-refractivity contribution in [3.63, 3.8) is 0 Å². The fourth-order valence-corrected chi connectivity index (χ4v) is 2.50. The standard InChI is InChI=1S/C14H21N3O3/c1-8(2)20-12-7-9(3)15-14(17-12)16-11-6-4-5-10(11)13(18)19/h7-8,10-11H,4-6H2,1-3H3,(H,18,19)(H,15,16,17). The van der Waals surface area contributed by atoms with Crippen molar-refractivity contribution in [3.05, 3.63) is 11.8 Å². The molecule has 1 aliphatic carbocycles. The van der Waals surface area contributed by atoms with Crippen LogP contribution in [0.25, 0.3) is 0 Å². The van der Waals surface area contributed by atoms with E-state index in [0.717, 1.165) is 18.5 Å². The maximum atomic E-state index is 11.2. The molecule has 1 saturated carbocycles. The first kappa shape index (κ1) is 14.6. The zero-order valence-electron chi connectivity index (χ0n) is 12.1. The molecule has 0 spiro atoms. The Morgan fingerprint density at radius 3 is 2.85 bits per heavy atom. The predicted octanol–water partition coefficient (Wildman–Crippen LogP) is 2.24. The van der Waals surface area contributed by atoms with E-state index in [0.29, 0.717) is 18.2 Å². The molecule has 0 saturated heterocycles. The first-order valence-corrected chi connectivity index (χ1v) is 6.97. The van der Waals surface area contributed by atoms with Crippen LogP contribution in [0, 0.1) is 12.8 Å². The first-order valence-electron chi connectivity index (χ1n) is 6.97. The van der Waals surface area contributed by atoms with E-state index in [1.165, 1.54) is 0 Å². The number of aryl methyl sites for hydroxylation is 1. The van der Waals surface area contributed by atoms with Crippen LogP contribution >= 0.6 is 0 Å². The summed E-state index contributed by atoms with van der Waals surface area (Å²) in [4.78, 5) is 19.8. The number of nitrogens with zero attached hydrogens (tertiary/aromatic N) is 2. The Kier molecular flexibility index (Phi) is 4.42. The van der Waals surface area contributed by atoms with Crippen molar-refractivity contribution in [1.29, 1.82) is 0 Å². The second kappa shape index (κ2) is 6.07. The molecule has 6 heteroatoms. The molecule has 20 heavy (non-hydrogen) atoms. The quantitative estimate of drug-likeness (QED) is 0.860. The lowest BCUT2D eigenvalue weighted by Crippen LogP contribution is -2.30. The molecule has 0 radical (unpaired) electrons. The van der Waals surface area contributed by atoms with Gasteiger partial charge >= 0.3 is 5.97 Å². The Balaban J connectivity index is 2.12. The Hall–Kier alpha value is -1.85. The van der Waals surface area contributed by atoms with Crippen LogP contribution in [0.2, 0.25) is 0 Å². The maximum absolute atomic E-state index is 11.2. The molecule has 0 amide bonds. The van der Waals surface area contributed by atoms with Gasteiger partial charge in [-0.1, -0.05) is 6.42 Å². The molecule has 1 fully saturated rings. The zero-order valence-corrected chi connectivity index (χ0v) is 12.1. The third-order valence-corrected chi connectivity index (χ3v) is 3.33. The van der Waals surface area contributed by atoms with Crippen molar-refractivity contribution in [2.45, 2.75) is 52.2 Å². The number of aliphatic carboxylic acids is 1. The van der Waals surface area contributed by atoms with Crippen LogP contribution in [-0.4, -0.2) is 33.2 Å². The third-order valence-electron chi connectivity index (χ3n) is 3.33. The number of carboxylic acid groups (broad SMARTS) is 1. The number of nitrogens with one attached hydrogen (secondary N) is 1. The lowest BCUT2D eigenvalue weighted by atomic mass is 10.0. The smallest absolute Gasteiger partial charge is 0.308 e. The Labute approximate surface area is 118 Å². The summed E-state index contributed by atoms with van der Waals surface area (Å²) in [7, 11) is 0. The van der Waals surface area contributed by atoms with Gasteiger partial charge in [-0.3, -0.25) is 4.79 Å². The summed E-state index contributed by atoms with van der Waals surface area (Å²) >= 11 is 0. The van der Waals surface area contributed by atoms with Gasteiger partial charge in [0, 0.05) is 17.8 Å². The van der Waals surface area contributed by atoms with E-state index in [9.17, 15) is 9.90 Å². The van der Waals surface area contributed by atoms with Crippen molar-refractivity contribution in [3.8, 4) is 5.88 Å². The molecule has 0 aromatic carbocycles. The molecule has 2 unspecified atom stereocenters. The molecule has 0 bridgehead atoms. The normalized spacial score (nSPS) is 22.0. The third kappa shape index (κ3) is 3.59. The molecule has 2 N–H and O–H groups in total. The Morgan fingerprint density at radius 1 is 1.45 bits per heavy atom. The number of hydrogen-bond donors (Lipinski definition) is 2. The van der Waals surface area contributed by atoms with E-state index < -0.39 is 5.97 Å². The fourth-order valence-electron chi connectivity index (χ4n) is 2.50. The number of hydrogen-bond acceptors (Lipinski definition) is 5. The summed E-state index contributed by atoms with van der Waals surface area (Å²) < 4.78 is 5.57. The van der Waals surface area contributed by atoms with Crippen molar-refractivity contribution >= 4 is 11.9 Å². The summed E-state index contributed by atoms with van der Waals surface area (Å²) in [5, 5.41) is 12.3. The molecule has 0 aliphatic heterocycles. The maximum Gasteiger partial charge on any atom is 0.308 e. The van der Waals surface area contributed by atoms with E-state index in [1.807, 2.05) is 20.8 Å². The van der Waals surface area contributed by atoms with Gasteiger partial charge in [0.25, 0.3) is 0 Å². The fraction of sp³-hybridized carbons (Fsp3) is 0.643. The molecule has 1 aliphatic rings. The lowest BCUT2D eigenvalue weighted by Gasteiger charge is -2.18. The summed E-state index contributed by atoms with van der Waals surface area (Å²) in [6.45, 7) is 5.73. The van der Waals surface area contributed by atoms with Gasteiger partial charge in [0.05, 0.1) is 12.0 Å². The topological polar surface area (TPSA) is 84.3 Å².